The molecule has 0 aromatic heterocycles. The Balaban J connectivity index is 2.89. The van der Waals surface area contributed by atoms with Crippen LogP contribution in [-0.4, -0.2) is 12.6 Å². The molecule has 86 valence electrons. The van der Waals surface area contributed by atoms with Crippen molar-refractivity contribution in [3.05, 3.63) is 34.4 Å². The summed E-state index contributed by atoms with van der Waals surface area (Å²) in [4.78, 5) is 11.1. The summed E-state index contributed by atoms with van der Waals surface area (Å²) < 4.78 is 4.76. The summed E-state index contributed by atoms with van der Waals surface area (Å²) in [6.45, 7) is 4.00. The van der Waals surface area contributed by atoms with E-state index in [4.69, 9.17) is 22.1 Å². The maximum absolute atomic E-state index is 11.1. The molecular formula is C12H14ClNO2. The molecule has 0 heterocycles. The fourth-order valence-electron chi connectivity index (χ4n) is 1.20. The fourth-order valence-corrected chi connectivity index (χ4v) is 1.43. The average Bonchev–Trinajstić information content (AvgIpc) is 2.22. The molecular weight excluding hydrogens is 226 g/mol. The third-order valence-electron chi connectivity index (χ3n) is 2.07. The van der Waals surface area contributed by atoms with Gasteiger partial charge in [0.05, 0.1) is 6.61 Å². The molecule has 0 amide bonds. The smallest absolute Gasteiger partial charge is 0.330 e. The van der Waals surface area contributed by atoms with Crippen LogP contribution in [0, 0.1) is 6.92 Å². The highest BCUT2D eigenvalue weighted by Crippen LogP contribution is 2.23. The van der Waals surface area contributed by atoms with Crippen LogP contribution in [-0.2, 0) is 9.53 Å². The van der Waals surface area contributed by atoms with Gasteiger partial charge < -0.3 is 10.5 Å². The number of ether oxygens (including phenoxy) is 1. The zero-order valence-corrected chi connectivity index (χ0v) is 10.0. The second-order valence-corrected chi connectivity index (χ2v) is 3.72. The van der Waals surface area contributed by atoms with E-state index >= 15 is 0 Å². The Hall–Kier alpha value is -1.48. The number of benzene rings is 1. The van der Waals surface area contributed by atoms with Gasteiger partial charge in [-0.1, -0.05) is 11.6 Å². The number of aryl methyl sites for hydroxylation is 1. The molecule has 1 rings (SSSR count). The van der Waals surface area contributed by atoms with Crippen molar-refractivity contribution >= 4 is 29.3 Å². The van der Waals surface area contributed by atoms with Gasteiger partial charge in [-0.2, -0.15) is 0 Å². The highest BCUT2D eigenvalue weighted by molar-refractivity contribution is 6.32. The Bertz CT molecular complexity index is 427. The van der Waals surface area contributed by atoms with Crippen LogP contribution in [0.4, 0.5) is 5.69 Å². The molecule has 0 fully saturated rings. The second kappa shape index (κ2) is 5.56. The first kappa shape index (κ1) is 12.6. The van der Waals surface area contributed by atoms with Crippen molar-refractivity contribution in [2.45, 2.75) is 13.8 Å². The number of nitrogen functional groups attached to an aromatic ring is 1. The summed E-state index contributed by atoms with van der Waals surface area (Å²) >= 11 is 5.98. The molecule has 3 nitrogen and oxygen atoms in total. The van der Waals surface area contributed by atoms with Gasteiger partial charge in [-0.25, -0.2) is 4.79 Å². The van der Waals surface area contributed by atoms with Gasteiger partial charge in [0, 0.05) is 16.8 Å². The van der Waals surface area contributed by atoms with Gasteiger partial charge in [0.15, 0.2) is 0 Å². The van der Waals surface area contributed by atoms with Crippen LogP contribution in [0.15, 0.2) is 18.2 Å². The standard InChI is InChI=1S/C12H14ClNO2/c1-3-16-12(15)5-4-9-6-8(2)11(14)7-10(9)13/h4-7H,3,14H2,1-2H3. The van der Waals surface area contributed by atoms with E-state index in [1.54, 1.807) is 19.1 Å². The molecule has 0 radical (unpaired) electrons. The number of nitrogens with two attached hydrogens (primary N) is 1. The van der Waals surface area contributed by atoms with E-state index in [-0.39, 0.29) is 5.97 Å². The number of hydrogen-bond donors (Lipinski definition) is 1. The van der Waals surface area contributed by atoms with Gasteiger partial charge in [-0.05, 0) is 43.2 Å². The topological polar surface area (TPSA) is 52.3 Å². The monoisotopic (exact) mass is 239 g/mol. The quantitative estimate of drug-likeness (QED) is 0.501. The summed E-state index contributed by atoms with van der Waals surface area (Å²) in [5, 5.41) is 0.517. The molecule has 0 bridgehead atoms. The molecule has 1 aromatic carbocycles. The number of esters is 1. The zero-order valence-electron chi connectivity index (χ0n) is 9.29. The highest BCUT2D eigenvalue weighted by Gasteiger charge is 2.02. The molecule has 0 atom stereocenters. The molecule has 2 N–H and O–H groups in total. The number of halogens is 1. The van der Waals surface area contributed by atoms with Crippen LogP contribution >= 0.6 is 11.6 Å². The largest absolute Gasteiger partial charge is 0.463 e. The second-order valence-electron chi connectivity index (χ2n) is 3.32. The van der Waals surface area contributed by atoms with E-state index in [0.717, 1.165) is 11.1 Å². The summed E-state index contributed by atoms with van der Waals surface area (Å²) in [6, 6.07) is 3.50. The van der Waals surface area contributed by atoms with E-state index in [0.29, 0.717) is 17.3 Å². The molecule has 0 unspecified atom stereocenters. The van der Waals surface area contributed by atoms with E-state index in [1.165, 1.54) is 6.08 Å². The van der Waals surface area contributed by atoms with Crippen LogP contribution in [0.3, 0.4) is 0 Å². The first-order chi connectivity index (χ1) is 7.54. The minimum Gasteiger partial charge on any atom is -0.463 e. The van der Waals surface area contributed by atoms with Gasteiger partial charge in [-0.15, -0.1) is 0 Å². The van der Waals surface area contributed by atoms with E-state index in [2.05, 4.69) is 0 Å². The van der Waals surface area contributed by atoms with Crippen LogP contribution < -0.4 is 5.73 Å². The van der Waals surface area contributed by atoms with Crippen molar-refractivity contribution in [3.63, 3.8) is 0 Å². The lowest BCUT2D eigenvalue weighted by Crippen LogP contribution is -1.98. The minimum absolute atomic E-state index is 0.359. The number of hydrogen-bond acceptors (Lipinski definition) is 3. The number of anilines is 1. The Kier molecular flexibility index (Phi) is 4.38. The summed E-state index contributed by atoms with van der Waals surface area (Å²) in [5.41, 5.74) is 8.01. The zero-order chi connectivity index (χ0) is 12.1. The van der Waals surface area contributed by atoms with Crippen molar-refractivity contribution in [1.29, 1.82) is 0 Å². The molecule has 0 aliphatic rings. The molecule has 0 aliphatic carbocycles. The van der Waals surface area contributed by atoms with E-state index in [1.807, 2.05) is 13.0 Å². The lowest BCUT2D eigenvalue weighted by molar-refractivity contribution is -0.137. The molecule has 16 heavy (non-hydrogen) atoms. The maximum Gasteiger partial charge on any atom is 0.330 e. The van der Waals surface area contributed by atoms with Gasteiger partial charge in [0.25, 0.3) is 0 Å². The molecule has 0 aliphatic heterocycles. The average molecular weight is 240 g/mol. The summed E-state index contributed by atoms with van der Waals surface area (Å²) in [7, 11) is 0. The van der Waals surface area contributed by atoms with Gasteiger partial charge >= 0.3 is 5.97 Å². The number of rotatable bonds is 3. The predicted molar refractivity (Wildman–Crippen MR) is 66.3 cm³/mol. The molecule has 0 saturated heterocycles. The first-order valence-electron chi connectivity index (χ1n) is 4.95. The fraction of sp³-hybridized carbons (Fsp3) is 0.250. The molecule has 1 aromatic rings. The molecule has 4 heteroatoms. The molecule has 0 spiro atoms. The van der Waals surface area contributed by atoms with Crippen LogP contribution in [0.25, 0.3) is 6.08 Å². The van der Waals surface area contributed by atoms with Crippen LogP contribution in [0.1, 0.15) is 18.1 Å². The van der Waals surface area contributed by atoms with Crippen molar-refractivity contribution in [2.24, 2.45) is 0 Å². The Morgan fingerprint density at radius 1 is 1.56 bits per heavy atom. The van der Waals surface area contributed by atoms with E-state index < -0.39 is 0 Å². The Labute approximate surface area is 99.8 Å². The van der Waals surface area contributed by atoms with Gasteiger partial charge in [-0.3, -0.25) is 0 Å². The van der Waals surface area contributed by atoms with E-state index in [9.17, 15) is 4.79 Å². The Morgan fingerprint density at radius 3 is 2.88 bits per heavy atom. The summed E-state index contributed by atoms with van der Waals surface area (Å²) in [6.07, 6.45) is 2.97. The predicted octanol–water partition coefficient (Wildman–Crippen LogP) is 2.81. The van der Waals surface area contributed by atoms with Crippen molar-refractivity contribution in [2.75, 3.05) is 12.3 Å². The third kappa shape index (κ3) is 3.28. The van der Waals surface area contributed by atoms with Gasteiger partial charge in [0.1, 0.15) is 0 Å². The van der Waals surface area contributed by atoms with Crippen LogP contribution in [0.2, 0.25) is 5.02 Å². The lowest BCUT2D eigenvalue weighted by Gasteiger charge is -2.04. The van der Waals surface area contributed by atoms with Crippen LogP contribution in [0.5, 0.6) is 0 Å². The maximum atomic E-state index is 11.1. The number of carbonyl (C=O) groups excluding carboxylic acids is 1. The minimum atomic E-state index is -0.381. The van der Waals surface area contributed by atoms with Gasteiger partial charge in [0.2, 0.25) is 0 Å². The van der Waals surface area contributed by atoms with Crippen molar-refractivity contribution in [3.8, 4) is 0 Å². The first-order valence-corrected chi connectivity index (χ1v) is 5.33. The van der Waals surface area contributed by atoms with Crippen molar-refractivity contribution < 1.29 is 9.53 Å². The normalized spacial score (nSPS) is 10.7. The SMILES string of the molecule is CCOC(=O)C=Cc1cc(C)c(N)cc1Cl. The third-order valence-corrected chi connectivity index (χ3v) is 2.40. The molecule has 0 saturated carbocycles. The van der Waals surface area contributed by atoms with Crippen molar-refractivity contribution in [1.82, 2.24) is 0 Å². The highest BCUT2D eigenvalue weighted by atomic mass is 35.5. The lowest BCUT2D eigenvalue weighted by atomic mass is 10.1. The Morgan fingerprint density at radius 2 is 2.25 bits per heavy atom. The number of carbonyl (C=O) groups is 1. The summed E-state index contributed by atoms with van der Waals surface area (Å²) in [5.74, 6) is -0.381.